The third kappa shape index (κ3) is 4.93. The molecule has 0 saturated carbocycles. The van der Waals surface area contributed by atoms with E-state index in [2.05, 4.69) is 49.8 Å². The fourth-order valence-electron chi connectivity index (χ4n) is 5.72. The highest BCUT2D eigenvalue weighted by atomic mass is 35.5. The van der Waals surface area contributed by atoms with E-state index in [1.807, 2.05) is 48.7 Å². The van der Waals surface area contributed by atoms with E-state index in [9.17, 15) is 9.90 Å². The second kappa shape index (κ2) is 10.9. The summed E-state index contributed by atoms with van der Waals surface area (Å²) in [5.74, 6) is -0.214. The number of nitrogens with one attached hydrogen (secondary N) is 1. The van der Waals surface area contributed by atoms with Gasteiger partial charge in [-0.3, -0.25) is 4.98 Å². The number of aromatic nitrogens is 2. The molecule has 0 amide bonds. The van der Waals surface area contributed by atoms with E-state index in [0.717, 1.165) is 60.3 Å². The Balaban J connectivity index is 1.41. The van der Waals surface area contributed by atoms with Gasteiger partial charge in [0.05, 0.1) is 28.0 Å². The quantitative estimate of drug-likeness (QED) is 0.251. The number of thiocarbonyl (C=S) groups is 1. The van der Waals surface area contributed by atoms with Crippen LogP contribution in [0.2, 0.25) is 5.02 Å². The first-order valence-corrected chi connectivity index (χ1v) is 14.3. The number of carbonyl (C=O) groups is 1. The zero-order valence-corrected chi connectivity index (χ0v) is 23.6. The van der Waals surface area contributed by atoms with Gasteiger partial charge in [0, 0.05) is 42.6 Å². The van der Waals surface area contributed by atoms with Gasteiger partial charge in [-0.15, -0.1) is 0 Å². The number of pyridine rings is 1. The topological polar surface area (TPSA) is 73.6 Å². The lowest BCUT2D eigenvalue weighted by atomic mass is 9.98. The first-order valence-electron chi connectivity index (χ1n) is 13.5. The first kappa shape index (κ1) is 26.3. The Labute approximate surface area is 244 Å². The number of hydrogen-bond acceptors (Lipinski definition) is 4. The predicted molar refractivity (Wildman–Crippen MR) is 163 cm³/mol. The summed E-state index contributed by atoms with van der Waals surface area (Å²) >= 11 is 12.9. The van der Waals surface area contributed by atoms with Crippen LogP contribution in [-0.4, -0.2) is 38.8 Å². The monoisotopic (exact) mass is 571 g/mol. The minimum absolute atomic E-state index is 0.220. The lowest BCUT2D eigenvalue weighted by molar-refractivity contribution is 0.0697. The molecular weight excluding hydrogens is 542 g/mol. The molecule has 7 nitrogen and oxygen atoms in total. The zero-order chi connectivity index (χ0) is 27.8. The fourth-order valence-corrected chi connectivity index (χ4v) is 6.36. The van der Waals surface area contributed by atoms with Crippen molar-refractivity contribution in [3.05, 3.63) is 107 Å². The van der Waals surface area contributed by atoms with Gasteiger partial charge in [-0.2, -0.15) is 0 Å². The van der Waals surface area contributed by atoms with Crippen LogP contribution in [-0.2, 0) is 0 Å². The molecule has 0 spiro atoms. The molecule has 6 rings (SSSR count). The molecule has 0 radical (unpaired) electrons. The number of carboxylic acid groups (broad SMARTS) is 1. The summed E-state index contributed by atoms with van der Waals surface area (Å²) in [5, 5.41) is 14.2. The highest BCUT2D eigenvalue weighted by Gasteiger charge is 2.42. The number of rotatable bonds is 6. The van der Waals surface area contributed by atoms with Gasteiger partial charge in [-0.05, 0) is 97.7 Å². The van der Waals surface area contributed by atoms with E-state index < -0.39 is 5.97 Å². The molecule has 4 aromatic rings. The molecule has 204 valence electrons. The van der Waals surface area contributed by atoms with Gasteiger partial charge in [0.2, 0.25) is 0 Å². The summed E-state index contributed by atoms with van der Waals surface area (Å²) < 4.78 is 2.07. The van der Waals surface area contributed by atoms with E-state index in [4.69, 9.17) is 23.8 Å². The number of halogens is 1. The fraction of sp³-hybridized carbons (Fsp3) is 0.258. The molecule has 2 saturated heterocycles. The number of piperidine rings is 1. The van der Waals surface area contributed by atoms with Crippen molar-refractivity contribution in [3.8, 4) is 5.69 Å². The molecule has 9 heteroatoms. The first-order chi connectivity index (χ1) is 19.4. The van der Waals surface area contributed by atoms with Crippen molar-refractivity contribution >= 4 is 46.3 Å². The van der Waals surface area contributed by atoms with Gasteiger partial charge in [0.15, 0.2) is 5.11 Å². The summed E-state index contributed by atoms with van der Waals surface area (Å²) in [5.41, 5.74) is 4.90. The second-order valence-electron chi connectivity index (χ2n) is 10.5. The zero-order valence-electron chi connectivity index (χ0n) is 22.1. The Morgan fingerprint density at radius 3 is 2.45 bits per heavy atom. The van der Waals surface area contributed by atoms with Crippen molar-refractivity contribution in [2.75, 3.05) is 22.9 Å². The molecule has 2 N–H and O–H groups in total. The molecule has 4 heterocycles. The van der Waals surface area contributed by atoms with Crippen molar-refractivity contribution in [3.63, 3.8) is 0 Å². The van der Waals surface area contributed by atoms with Crippen molar-refractivity contribution in [1.29, 1.82) is 0 Å². The highest BCUT2D eigenvalue weighted by Crippen LogP contribution is 2.44. The Hall–Kier alpha value is -3.88. The Morgan fingerprint density at radius 2 is 1.77 bits per heavy atom. The molecule has 2 aromatic carbocycles. The molecule has 2 aromatic heterocycles. The number of benzene rings is 2. The van der Waals surface area contributed by atoms with Gasteiger partial charge >= 0.3 is 5.97 Å². The number of nitrogens with zero attached hydrogens (tertiary/aromatic N) is 4. The molecule has 2 aliphatic heterocycles. The van der Waals surface area contributed by atoms with E-state index in [1.54, 1.807) is 18.3 Å². The predicted octanol–water partition coefficient (Wildman–Crippen LogP) is 6.64. The number of aromatic carboxylic acids is 1. The number of anilines is 2. The Bertz CT molecular complexity index is 1530. The molecular formula is C31H30ClN5O2S. The van der Waals surface area contributed by atoms with Crippen molar-refractivity contribution in [2.24, 2.45) is 5.92 Å². The van der Waals surface area contributed by atoms with Gasteiger partial charge in [-0.25, -0.2) is 4.79 Å². The SMILES string of the molecule is CC1CCN(c2ccc(N3C(=S)N[C@H](c4ccccn4)[C@H]3c3cccn3-c3ccc(C(=O)O)cc3)cc2Cl)CC1. The summed E-state index contributed by atoms with van der Waals surface area (Å²) in [4.78, 5) is 20.6. The van der Waals surface area contributed by atoms with E-state index in [0.29, 0.717) is 10.1 Å². The third-order valence-electron chi connectivity index (χ3n) is 7.91. The molecule has 2 atom stereocenters. The van der Waals surface area contributed by atoms with Crippen LogP contribution in [0.1, 0.15) is 53.6 Å². The molecule has 2 fully saturated rings. The average molecular weight is 572 g/mol. The van der Waals surface area contributed by atoms with E-state index >= 15 is 0 Å². The van der Waals surface area contributed by atoms with Crippen LogP contribution in [0.4, 0.5) is 11.4 Å². The van der Waals surface area contributed by atoms with Crippen LogP contribution in [0.5, 0.6) is 0 Å². The van der Waals surface area contributed by atoms with E-state index in [-0.39, 0.29) is 17.6 Å². The van der Waals surface area contributed by atoms with Crippen molar-refractivity contribution in [1.82, 2.24) is 14.9 Å². The molecule has 2 aliphatic rings. The van der Waals surface area contributed by atoms with Crippen LogP contribution in [0.25, 0.3) is 5.69 Å². The van der Waals surface area contributed by atoms with Crippen LogP contribution in [0, 0.1) is 5.92 Å². The van der Waals surface area contributed by atoms with Crippen LogP contribution >= 0.6 is 23.8 Å². The maximum atomic E-state index is 11.4. The summed E-state index contributed by atoms with van der Waals surface area (Å²) in [6.07, 6.45) is 6.09. The largest absolute Gasteiger partial charge is 0.478 e. The maximum Gasteiger partial charge on any atom is 0.335 e. The van der Waals surface area contributed by atoms with Crippen molar-refractivity contribution < 1.29 is 9.90 Å². The smallest absolute Gasteiger partial charge is 0.335 e. The van der Waals surface area contributed by atoms with Crippen LogP contribution in [0.3, 0.4) is 0 Å². The lowest BCUT2D eigenvalue weighted by Crippen LogP contribution is -2.33. The van der Waals surface area contributed by atoms with Gasteiger partial charge < -0.3 is 24.8 Å². The highest BCUT2D eigenvalue weighted by molar-refractivity contribution is 7.80. The van der Waals surface area contributed by atoms with Crippen LogP contribution < -0.4 is 15.1 Å². The molecule has 40 heavy (non-hydrogen) atoms. The standard InChI is InChI=1S/C31H30ClN5O2S/c1-20-13-17-35(18-14-20)26-12-11-23(19-24(26)32)37-29(28(34-31(37)40)25-5-2-3-15-33-25)27-6-4-16-36(27)22-9-7-21(8-10-22)30(38)39/h2-12,15-16,19-20,28-29H,13-14,17-18H2,1H3,(H,34,40)(H,38,39)/t28-,29-/m1/s1. The van der Waals surface area contributed by atoms with Gasteiger partial charge in [-0.1, -0.05) is 24.6 Å². The summed E-state index contributed by atoms with van der Waals surface area (Å²) in [7, 11) is 0. The molecule has 0 unspecified atom stereocenters. The number of carboxylic acids is 1. The lowest BCUT2D eigenvalue weighted by Gasteiger charge is -2.33. The minimum Gasteiger partial charge on any atom is -0.478 e. The van der Waals surface area contributed by atoms with E-state index in [1.165, 1.54) is 0 Å². The summed E-state index contributed by atoms with van der Waals surface area (Å²) in [6.45, 7) is 4.31. The average Bonchev–Trinajstić information content (AvgIpc) is 3.58. The normalized spacial score (nSPS) is 19.6. The molecule has 0 bridgehead atoms. The maximum absolute atomic E-state index is 11.4. The number of hydrogen-bond donors (Lipinski definition) is 2. The van der Waals surface area contributed by atoms with Crippen molar-refractivity contribution in [2.45, 2.75) is 31.8 Å². The Kier molecular flexibility index (Phi) is 7.21. The summed E-state index contributed by atoms with van der Waals surface area (Å²) in [6, 6.07) is 22.5. The third-order valence-corrected chi connectivity index (χ3v) is 8.52. The van der Waals surface area contributed by atoms with Gasteiger partial charge in [0.1, 0.15) is 6.04 Å². The minimum atomic E-state index is -0.953. The van der Waals surface area contributed by atoms with Crippen LogP contribution in [0.15, 0.2) is 85.2 Å². The second-order valence-corrected chi connectivity index (χ2v) is 11.3. The Morgan fingerprint density at radius 1 is 1.02 bits per heavy atom. The molecule has 0 aliphatic carbocycles. The van der Waals surface area contributed by atoms with Gasteiger partial charge in [0.25, 0.3) is 0 Å².